The van der Waals surface area contributed by atoms with Crippen molar-refractivity contribution in [1.82, 2.24) is 0 Å². The van der Waals surface area contributed by atoms with Gasteiger partial charge in [-0.05, 0) is 59.8 Å². The Labute approximate surface area is 236 Å². The third-order valence-electron chi connectivity index (χ3n) is 3.93. The molecule has 0 fully saturated rings. The molecule has 14 nitrogen and oxygen atoms in total. The third kappa shape index (κ3) is 27.8. The summed E-state index contributed by atoms with van der Waals surface area (Å²) in [5, 5.41) is 51.1. The Kier molecular flexibility index (Phi) is 37.9. The molecule has 0 aliphatic rings. The van der Waals surface area contributed by atoms with Gasteiger partial charge in [0.15, 0.2) is 0 Å². The van der Waals surface area contributed by atoms with Gasteiger partial charge in [0.2, 0.25) is 0 Å². The fourth-order valence-corrected chi connectivity index (χ4v) is 6.32. The highest BCUT2D eigenvalue weighted by atomic mass is 28.4. The minimum absolute atomic E-state index is 0.0194. The quantitative estimate of drug-likeness (QED) is 0.0562. The molecule has 0 aromatic carbocycles. The molecule has 0 saturated carbocycles. The average molecular weight is 613 g/mol. The van der Waals surface area contributed by atoms with Crippen LogP contribution in [0.5, 0.6) is 0 Å². The summed E-state index contributed by atoms with van der Waals surface area (Å²) >= 11 is 0. The lowest BCUT2D eigenvalue weighted by molar-refractivity contribution is -0.0416. The van der Waals surface area contributed by atoms with Crippen molar-refractivity contribution in [1.29, 1.82) is 0 Å². The van der Waals surface area contributed by atoms with Crippen LogP contribution in [0.2, 0.25) is 0 Å². The van der Waals surface area contributed by atoms with E-state index in [-0.39, 0.29) is 66.1 Å². The lowest BCUT2D eigenvalue weighted by atomic mass is 10.5. The molecule has 16 heteroatoms. The Bertz CT molecular complexity index is 378. The maximum Gasteiger partial charge on any atom is 0.679 e. The largest absolute Gasteiger partial charge is 0.679 e. The topological polar surface area (TPSA) is 195 Å². The molecule has 0 bridgehead atoms. The molecule has 0 saturated heterocycles. The van der Waals surface area contributed by atoms with Gasteiger partial charge in [-0.1, -0.05) is 0 Å². The summed E-state index contributed by atoms with van der Waals surface area (Å²) < 4.78 is 44.0. The molecule has 39 heavy (non-hydrogen) atoms. The van der Waals surface area contributed by atoms with Crippen molar-refractivity contribution < 1.29 is 66.0 Å². The van der Waals surface area contributed by atoms with E-state index in [2.05, 4.69) is 0 Å². The van der Waals surface area contributed by atoms with Crippen LogP contribution in [-0.2, 0) is 35.4 Å². The molecule has 0 aromatic rings. The zero-order valence-corrected chi connectivity index (χ0v) is 26.4. The normalized spacial score (nSPS) is 11.5. The van der Waals surface area contributed by atoms with E-state index in [1.165, 1.54) is 0 Å². The Morgan fingerprint density at radius 1 is 0.333 bits per heavy atom. The second-order valence-electron chi connectivity index (χ2n) is 7.24. The van der Waals surface area contributed by atoms with Crippen molar-refractivity contribution in [2.75, 3.05) is 92.5 Å². The summed E-state index contributed by atoms with van der Waals surface area (Å²) in [7, 11) is -6.18. The monoisotopic (exact) mass is 612 g/mol. The van der Waals surface area contributed by atoms with Crippen LogP contribution in [-0.4, -0.2) is 141 Å². The Balaban J connectivity index is -0.000000609. The van der Waals surface area contributed by atoms with Crippen LogP contribution in [0.3, 0.4) is 0 Å². The number of aliphatic hydroxyl groups is 6. The standard InChI is InChI=1S/C12H28O8Si.C8H20O4Si.C3H8O2/c13-5-1-9-17-21(18-10-2-6-14,19-11-3-7-15)20-12-4-8-16;1-5-9-13(10-6-2,11-7-3)12-8-4;4-2-1-3-5/h13-16H,1-12H2;5-8H2,1-4H3;4-5H,1-3H2. The molecule has 0 unspecified atom stereocenters. The molecule has 0 aromatic heterocycles. The highest BCUT2D eigenvalue weighted by molar-refractivity contribution is 6.53. The van der Waals surface area contributed by atoms with Crippen LogP contribution >= 0.6 is 0 Å². The minimum Gasteiger partial charge on any atom is -0.396 e. The van der Waals surface area contributed by atoms with Gasteiger partial charge in [-0.2, -0.15) is 0 Å². The molecule has 0 atom stereocenters. The van der Waals surface area contributed by atoms with Gasteiger partial charge in [0, 0.05) is 92.5 Å². The molecule has 0 aliphatic carbocycles. The van der Waals surface area contributed by atoms with E-state index < -0.39 is 18.1 Å². The first kappa shape index (κ1) is 43.3. The Morgan fingerprint density at radius 3 is 0.692 bits per heavy atom. The van der Waals surface area contributed by atoms with Crippen LogP contribution < -0.4 is 0 Å². The molecule has 0 heterocycles. The molecule has 0 spiro atoms. The van der Waals surface area contributed by atoms with E-state index in [1.54, 1.807) is 0 Å². The molecule has 0 rings (SSSR count). The first-order valence-electron chi connectivity index (χ1n) is 13.7. The van der Waals surface area contributed by atoms with E-state index in [1.807, 2.05) is 27.7 Å². The van der Waals surface area contributed by atoms with Crippen molar-refractivity contribution in [3.63, 3.8) is 0 Å². The SMILES string of the molecule is CCO[Si](OCC)(OCC)OCC.OCCCO.OCCCO[Si](OCCCO)(OCCCO)OCCCO. The van der Waals surface area contributed by atoms with Crippen LogP contribution in [0, 0.1) is 0 Å². The average Bonchev–Trinajstić information content (AvgIpc) is 2.91. The third-order valence-corrected chi connectivity index (χ3v) is 8.73. The van der Waals surface area contributed by atoms with Gasteiger partial charge in [-0.3, -0.25) is 0 Å². The van der Waals surface area contributed by atoms with Crippen molar-refractivity contribution in [3.8, 4) is 0 Å². The van der Waals surface area contributed by atoms with Crippen molar-refractivity contribution >= 4 is 18.1 Å². The van der Waals surface area contributed by atoms with Crippen molar-refractivity contribution in [3.05, 3.63) is 0 Å². The minimum atomic E-state index is -3.39. The fraction of sp³-hybridized carbons (Fsp3) is 1.00. The molecular formula is C23H56O14Si2. The molecular weight excluding hydrogens is 556 g/mol. The molecule has 0 amide bonds. The van der Waals surface area contributed by atoms with E-state index >= 15 is 0 Å². The predicted molar refractivity (Wildman–Crippen MR) is 147 cm³/mol. The zero-order chi connectivity index (χ0) is 30.1. The predicted octanol–water partition coefficient (Wildman–Crippen LogP) is -0.0529. The Morgan fingerprint density at radius 2 is 0.538 bits per heavy atom. The van der Waals surface area contributed by atoms with Gasteiger partial charge in [0.1, 0.15) is 0 Å². The van der Waals surface area contributed by atoms with E-state index in [9.17, 15) is 0 Å². The number of hydrogen-bond acceptors (Lipinski definition) is 14. The van der Waals surface area contributed by atoms with Crippen molar-refractivity contribution in [2.24, 2.45) is 0 Å². The molecule has 240 valence electrons. The van der Waals surface area contributed by atoms with Crippen LogP contribution in [0.15, 0.2) is 0 Å². The van der Waals surface area contributed by atoms with Gasteiger partial charge >= 0.3 is 18.1 Å². The van der Waals surface area contributed by atoms with Gasteiger partial charge in [-0.25, -0.2) is 0 Å². The van der Waals surface area contributed by atoms with Crippen LogP contribution in [0.25, 0.3) is 0 Å². The lowest BCUT2D eigenvalue weighted by Gasteiger charge is -2.28. The van der Waals surface area contributed by atoms with Crippen molar-refractivity contribution in [2.45, 2.75) is 59.8 Å². The van der Waals surface area contributed by atoms with E-state index in [4.69, 9.17) is 66.0 Å². The summed E-state index contributed by atoms with van der Waals surface area (Å²) in [5.74, 6) is 0. The maximum absolute atomic E-state index is 8.82. The van der Waals surface area contributed by atoms with E-state index in [0.29, 0.717) is 58.5 Å². The fourth-order valence-electron chi connectivity index (χ4n) is 2.32. The van der Waals surface area contributed by atoms with E-state index in [0.717, 1.165) is 0 Å². The second-order valence-corrected chi connectivity index (χ2v) is 11.5. The summed E-state index contributed by atoms with van der Waals surface area (Å²) in [6.07, 6.45) is 2.19. The Hall–Kier alpha value is -0.126. The highest BCUT2D eigenvalue weighted by Gasteiger charge is 2.46. The molecule has 0 aliphatic heterocycles. The van der Waals surface area contributed by atoms with Crippen LogP contribution in [0.4, 0.5) is 0 Å². The number of hydrogen-bond donors (Lipinski definition) is 6. The second kappa shape index (κ2) is 34.1. The summed E-state index contributed by atoms with van der Waals surface area (Å²) in [4.78, 5) is 0. The number of rotatable bonds is 26. The number of aliphatic hydroxyl groups excluding tert-OH is 6. The first-order chi connectivity index (χ1) is 18.9. The first-order valence-corrected chi connectivity index (χ1v) is 16.9. The van der Waals surface area contributed by atoms with Gasteiger partial charge < -0.3 is 66.0 Å². The zero-order valence-electron chi connectivity index (χ0n) is 24.4. The summed E-state index contributed by atoms with van der Waals surface area (Å²) in [6.45, 7) is 10.8. The lowest BCUT2D eigenvalue weighted by Crippen LogP contribution is -2.50. The van der Waals surface area contributed by atoms with Gasteiger partial charge in [0.05, 0.1) is 0 Å². The molecule has 6 N–H and O–H groups in total. The highest BCUT2D eigenvalue weighted by Crippen LogP contribution is 2.14. The maximum atomic E-state index is 8.82. The van der Waals surface area contributed by atoms with Gasteiger partial charge in [0.25, 0.3) is 0 Å². The smallest absolute Gasteiger partial charge is 0.396 e. The van der Waals surface area contributed by atoms with Crippen LogP contribution in [0.1, 0.15) is 59.8 Å². The molecule has 0 radical (unpaired) electrons. The van der Waals surface area contributed by atoms with Gasteiger partial charge in [-0.15, -0.1) is 0 Å². The summed E-state index contributed by atoms with van der Waals surface area (Å²) in [5.41, 5.74) is 0. The summed E-state index contributed by atoms with van der Waals surface area (Å²) in [6, 6.07) is 0.